The van der Waals surface area contributed by atoms with Crippen LogP contribution in [-0.2, 0) is 0 Å². The minimum absolute atomic E-state index is 0.0741. The third-order valence-electron chi connectivity index (χ3n) is 1.46. The van der Waals surface area contributed by atoms with Crippen LogP contribution in [0.25, 0.3) is 0 Å². The standard InChI is InChI=1S/C4H10BNO2/c7-5(8)4-2-1-3-6-4/h4,6-8H,1-3H2/t4-/m0/s1. The van der Waals surface area contributed by atoms with Crippen molar-refractivity contribution < 1.29 is 10.0 Å². The van der Waals surface area contributed by atoms with Crippen LogP contribution < -0.4 is 5.32 Å². The third kappa shape index (κ3) is 1.21. The van der Waals surface area contributed by atoms with Gasteiger partial charge in [0.1, 0.15) is 0 Å². The van der Waals surface area contributed by atoms with Crippen molar-refractivity contribution in [3.63, 3.8) is 0 Å². The average molecular weight is 115 g/mol. The SMILES string of the molecule is OB(O)[C@@H]1CCCN1. The number of nitrogens with one attached hydrogen (secondary N) is 1. The highest BCUT2D eigenvalue weighted by molar-refractivity contribution is 6.43. The maximum atomic E-state index is 8.55. The molecule has 0 unspecified atom stereocenters. The fourth-order valence-electron chi connectivity index (χ4n) is 0.966. The molecule has 3 N–H and O–H groups in total. The van der Waals surface area contributed by atoms with E-state index in [1.165, 1.54) is 0 Å². The molecule has 1 fully saturated rings. The van der Waals surface area contributed by atoms with Gasteiger partial charge < -0.3 is 15.4 Å². The fourth-order valence-corrected chi connectivity index (χ4v) is 0.966. The molecule has 1 heterocycles. The Morgan fingerprint density at radius 1 is 1.50 bits per heavy atom. The molecule has 1 rings (SSSR count). The van der Waals surface area contributed by atoms with Crippen molar-refractivity contribution in [1.82, 2.24) is 5.32 Å². The molecule has 46 valence electrons. The molecule has 0 amide bonds. The van der Waals surface area contributed by atoms with Crippen LogP contribution in [0.1, 0.15) is 12.8 Å². The third-order valence-corrected chi connectivity index (χ3v) is 1.46. The minimum Gasteiger partial charge on any atom is -0.426 e. The summed E-state index contributed by atoms with van der Waals surface area (Å²) in [5.41, 5.74) is 0. The lowest BCUT2D eigenvalue weighted by Gasteiger charge is -2.05. The van der Waals surface area contributed by atoms with Gasteiger partial charge in [0.05, 0.1) is 0 Å². The van der Waals surface area contributed by atoms with Gasteiger partial charge >= 0.3 is 7.12 Å². The van der Waals surface area contributed by atoms with Crippen molar-refractivity contribution in [2.75, 3.05) is 6.54 Å². The monoisotopic (exact) mass is 115 g/mol. The summed E-state index contributed by atoms with van der Waals surface area (Å²) in [7, 11) is -1.17. The first-order chi connectivity index (χ1) is 3.80. The lowest BCUT2D eigenvalue weighted by molar-refractivity contribution is 0.379. The molecule has 1 saturated heterocycles. The highest BCUT2D eigenvalue weighted by Crippen LogP contribution is 2.04. The Morgan fingerprint density at radius 3 is 2.50 bits per heavy atom. The molecule has 0 aromatic carbocycles. The fraction of sp³-hybridized carbons (Fsp3) is 1.00. The second-order valence-corrected chi connectivity index (χ2v) is 2.12. The van der Waals surface area contributed by atoms with Crippen LogP contribution in [0.5, 0.6) is 0 Å². The van der Waals surface area contributed by atoms with E-state index < -0.39 is 7.12 Å². The van der Waals surface area contributed by atoms with Gasteiger partial charge in [-0.25, -0.2) is 0 Å². The molecule has 1 aliphatic rings. The van der Waals surface area contributed by atoms with Gasteiger partial charge in [0.25, 0.3) is 0 Å². The Balaban J connectivity index is 2.24. The van der Waals surface area contributed by atoms with E-state index in [0.29, 0.717) is 0 Å². The zero-order valence-corrected chi connectivity index (χ0v) is 4.67. The molecule has 1 atom stereocenters. The van der Waals surface area contributed by atoms with E-state index >= 15 is 0 Å². The van der Waals surface area contributed by atoms with Gasteiger partial charge in [0.15, 0.2) is 0 Å². The predicted molar refractivity (Wildman–Crippen MR) is 31.2 cm³/mol. The molecule has 0 bridgehead atoms. The van der Waals surface area contributed by atoms with Gasteiger partial charge in [-0.1, -0.05) is 0 Å². The van der Waals surface area contributed by atoms with Gasteiger partial charge in [-0.2, -0.15) is 0 Å². The Kier molecular flexibility index (Phi) is 1.88. The second-order valence-electron chi connectivity index (χ2n) is 2.12. The van der Waals surface area contributed by atoms with Crippen LogP contribution >= 0.6 is 0 Å². The molecule has 0 spiro atoms. The van der Waals surface area contributed by atoms with E-state index in [4.69, 9.17) is 10.0 Å². The summed E-state index contributed by atoms with van der Waals surface area (Å²) in [6.07, 6.45) is 1.94. The van der Waals surface area contributed by atoms with E-state index in [1.807, 2.05) is 0 Å². The maximum absolute atomic E-state index is 8.55. The Labute approximate surface area is 48.9 Å². The quantitative estimate of drug-likeness (QED) is 0.374. The number of hydrogen-bond acceptors (Lipinski definition) is 3. The van der Waals surface area contributed by atoms with Crippen molar-refractivity contribution >= 4 is 7.12 Å². The molecular weight excluding hydrogens is 105 g/mol. The van der Waals surface area contributed by atoms with Crippen molar-refractivity contribution in [2.24, 2.45) is 0 Å². The van der Waals surface area contributed by atoms with Crippen LogP contribution in [0.4, 0.5) is 0 Å². The van der Waals surface area contributed by atoms with Gasteiger partial charge in [-0.3, -0.25) is 0 Å². The molecule has 4 heteroatoms. The lowest BCUT2D eigenvalue weighted by Crippen LogP contribution is -2.38. The molecule has 0 saturated carbocycles. The molecule has 0 aromatic rings. The van der Waals surface area contributed by atoms with Gasteiger partial charge in [-0.05, 0) is 19.4 Å². The van der Waals surface area contributed by atoms with Crippen molar-refractivity contribution in [3.8, 4) is 0 Å². The topological polar surface area (TPSA) is 52.5 Å². The predicted octanol–water partition coefficient (Wildman–Crippen LogP) is -1.25. The normalized spacial score (nSPS) is 28.5. The zero-order chi connectivity index (χ0) is 5.98. The second kappa shape index (κ2) is 2.48. The molecule has 0 aromatic heterocycles. The summed E-state index contributed by atoms with van der Waals surface area (Å²) in [5, 5.41) is 20.0. The summed E-state index contributed by atoms with van der Waals surface area (Å²) < 4.78 is 0. The van der Waals surface area contributed by atoms with E-state index in [-0.39, 0.29) is 5.94 Å². The van der Waals surface area contributed by atoms with E-state index in [0.717, 1.165) is 19.4 Å². The molecule has 0 aliphatic carbocycles. The van der Waals surface area contributed by atoms with E-state index in [9.17, 15) is 0 Å². The maximum Gasteiger partial charge on any atom is 0.469 e. The summed E-state index contributed by atoms with van der Waals surface area (Å²) in [6.45, 7) is 0.919. The van der Waals surface area contributed by atoms with Crippen LogP contribution in [-0.4, -0.2) is 29.7 Å². The van der Waals surface area contributed by atoms with E-state index in [2.05, 4.69) is 5.32 Å². The highest BCUT2D eigenvalue weighted by Gasteiger charge is 2.25. The summed E-state index contributed by atoms with van der Waals surface area (Å²) in [5.74, 6) is -0.0741. The molecule has 8 heavy (non-hydrogen) atoms. The van der Waals surface area contributed by atoms with Crippen LogP contribution in [0.2, 0.25) is 0 Å². The van der Waals surface area contributed by atoms with Crippen molar-refractivity contribution in [1.29, 1.82) is 0 Å². The summed E-state index contributed by atoms with van der Waals surface area (Å²) in [6, 6.07) is 0. The first kappa shape index (κ1) is 6.07. The first-order valence-electron chi connectivity index (χ1n) is 2.90. The highest BCUT2D eigenvalue weighted by atomic mass is 16.4. The van der Waals surface area contributed by atoms with Crippen LogP contribution in [0.15, 0.2) is 0 Å². The first-order valence-corrected chi connectivity index (χ1v) is 2.90. The Hall–Kier alpha value is -0.0551. The molecule has 1 aliphatic heterocycles. The zero-order valence-electron chi connectivity index (χ0n) is 4.67. The van der Waals surface area contributed by atoms with Crippen LogP contribution in [0, 0.1) is 0 Å². The molecule has 3 nitrogen and oxygen atoms in total. The van der Waals surface area contributed by atoms with Crippen molar-refractivity contribution in [2.45, 2.75) is 18.8 Å². The lowest BCUT2D eigenvalue weighted by atomic mass is 9.79. The molecule has 0 radical (unpaired) electrons. The Morgan fingerprint density at radius 2 is 2.25 bits per heavy atom. The summed E-state index contributed by atoms with van der Waals surface area (Å²) in [4.78, 5) is 0. The average Bonchev–Trinajstić information content (AvgIpc) is 2.12. The summed E-state index contributed by atoms with van der Waals surface area (Å²) >= 11 is 0. The van der Waals surface area contributed by atoms with Gasteiger partial charge in [-0.15, -0.1) is 0 Å². The minimum atomic E-state index is -1.17. The number of rotatable bonds is 1. The van der Waals surface area contributed by atoms with Gasteiger partial charge in [0.2, 0.25) is 0 Å². The van der Waals surface area contributed by atoms with E-state index in [1.54, 1.807) is 0 Å². The number of hydrogen-bond donors (Lipinski definition) is 3. The van der Waals surface area contributed by atoms with Gasteiger partial charge in [0, 0.05) is 5.94 Å². The largest absolute Gasteiger partial charge is 0.469 e. The Bertz CT molecular complexity index is 72.4. The van der Waals surface area contributed by atoms with Crippen LogP contribution in [0.3, 0.4) is 0 Å². The molecular formula is C4H10BNO2. The smallest absolute Gasteiger partial charge is 0.426 e. The van der Waals surface area contributed by atoms with Crippen molar-refractivity contribution in [3.05, 3.63) is 0 Å².